The number of hydrogen-bond donors (Lipinski definition) is 3. The lowest BCUT2D eigenvalue weighted by atomic mass is 10.1. The van der Waals surface area contributed by atoms with Crippen molar-refractivity contribution in [1.82, 2.24) is 5.32 Å². The predicted molar refractivity (Wildman–Crippen MR) is 71.8 cm³/mol. The number of carboxylic acids is 1. The number of nitrogens with two attached hydrogens (primary N) is 1. The Morgan fingerprint density at radius 3 is 2.68 bits per heavy atom. The summed E-state index contributed by atoms with van der Waals surface area (Å²) in [5.74, 6) is -1.31. The molecule has 2 rings (SSSR count). The van der Waals surface area contributed by atoms with E-state index in [0.29, 0.717) is 30.5 Å². The van der Waals surface area contributed by atoms with E-state index >= 15 is 0 Å². The van der Waals surface area contributed by atoms with Crippen molar-refractivity contribution in [3.63, 3.8) is 0 Å². The second-order valence-electron chi connectivity index (χ2n) is 5.09. The number of aryl methyl sites for hydroxylation is 1. The third-order valence-electron chi connectivity index (χ3n) is 3.66. The highest BCUT2D eigenvalue weighted by Crippen LogP contribution is 2.26. The number of carbonyl (C=O) groups excluding carboxylic acids is 1. The van der Waals surface area contributed by atoms with Crippen LogP contribution in [-0.4, -0.2) is 23.0 Å². The highest BCUT2D eigenvalue weighted by atomic mass is 16.4. The topological polar surface area (TPSA) is 92.4 Å². The summed E-state index contributed by atoms with van der Waals surface area (Å²) in [6.07, 6.45) is 1.84. The van der Waals surface area contributed by atoms with Gasteiger partial charge in [-0.15, -0.1) is 0 Å². The molecular weight excluding hydrogens is 244 g/mol. The van der Waals surface area contributed by atoms with E-state index in [0.717, 1.165) is 5.56 Å². The third kappa shape index (κ3) is 3.05. The van der Waals surface area contributed by atoms with E-state index in [2.05, 4.69) is 5.32 Å². The number of amides is 1. The number of hydrogen-bond acceptors (Lipinski definition) is 3. The molecule has 5 heteroatoms. The first kappa shape index (κ1) is 13.4. The number of nitrogens with one attached hydrogen (secondary N) is 1. The highest BCUT2D eigenvalue weighted by molar-refractivity contribution is 5.95. The number of nitrogen functional groups attached to an aromatic ring is 1. The fraction of sp³-hybridized carbons (Fsp3) is 0.429. The summed E-state index contributed by atoms with van der Waals surface area (Å²) in [5, 5.41) is 11.8. The normalized spacial score (nSPS) is 22.2. The predicted octanol–water partition coefficient (Wildman–Crippen LogP) is 1.56. The lowest BCUT2D eigenvalue weighted by Gasteiger charge is -2.13. The zero-order chi connectivity index (χ0) is 14.0. The molecule has 1 aromatic rings. The molecule has 5 nitrogen and oxygen atoms in total. The Morgan fingerprint density at radius 1 is 1.37 bits per heavy atom. The van der Waals surface area contributed by atoms with Crippen molar-refractivity contribution in [2.45, 2.75) is 32.2 Å². The van der Waals surface area contributed by atoms with Crippen molar-refractivity contribution in [2.24, 2.45) is 5.92 Å². The smallest absolute Gasteiger partial charge is 0.306 e. The summed E-state index contributed by atoms with van der Waals surface area (Å²) in [5.41, 5.74) is 7.81. The molecule has 1 saturated carbocycles. The molecule has 0 heterocycles. The van der Waals surface area contributed by atoms with Crippen LogP contribution in [0.5, 0.6) is 0 Å². The van der Waals surface area contributed by atoms with Gasteiger partial charge < -0.3 is 16.2 Å². The Bertz CT molecular complexity index is 513. The van der Waals surface area contributed by atoms with Gasteiger partial charge in [-0.2, -0.15) is 0 Å². The third-order valence-corrected chi connectivity index (χ3v) is 3.66. The highest BCUT2D eigenvalue weighted by Gasteiger charge is 2.30. The van der Waals surface area contributed by atoms with Crippen LogP contribution >= 0.6 is 0 Å². The Kier molecular flexibility index (Phi) is 3.74. The van der Waals surface area contributed by atoms with Crippen LogP contribution in [-0.2, 0) is 4.79 Å². The van der Waals surface area contributed by atoms with Gasteiger partial charge in [-0.1, -0.05) is 6.07 Å². The van der Waals surface area contributed by atoms with Gasteiger partial charge in [-0.25, -0.2) is 0 Å². The molecule has 1 amide bonds. The number of carboxylic acid groups (broad SMARTS) is 1. The Labute approximate surface area is 111 Å². The molecule has 1 fully saturated rings. The molecule has 0 saturated heterocycles. The number of benzene rings is 1. The van der Waals surface area contributed by atoms with Crippen LogP contribution in [0, 0.1) is 12.8 Å². The van der Waals surface area contributed by atoms with Crippen molar-refractivity contribution >= 4 is 17.6 Å². The Hall–Kier alpha value is -2.04. The fourth-order valence-electron chi connectivity index (χ4n) is 2.39. The maximum absolute atomic E-state index is 12.0. The zero-order valence-corrected chi connectivity index (χ0v) is 10.8. The average molecular weight is 262 g/mol. The standard InChI is InChI=1S/C14H18N2O3/c1-8-2-3-9(7-12(8)15)13(17)16-11-5-4-10(6-11)14(18)19/h2-3,7,10-11H,4-6,15H2,1H3,(H,16,17)(H,18,19). The fourth-order valence-corrected chi connectivity index (χ4v) is 2.39. The summed E-state index contributed by atoms with van der Waals surface area (Å²) in [6.45, 7) is 1.88. The molecule has 102 valence electrons. The van der Waals surface area contributed by atoms with Gasteiger partial charge in [0.25, 0.3) is 5.91 Å². The van der Waals surface area contributed by atoms with E-state index in [1.165, 1.54) is 0 Å². The molecule has 0 radical (unpaired) electrons. The van der Waals surface area contributed by atoms with Crippen molar-refractivity contribution in [2.75, 3.05) is 5.73 Å². The molecule has 0 spiro atoms. The minimum absolute atomic E-state index is 0.0591. The number of anilines is 1. The zero-order valence-electron chi connectivity index (χ0n) is 10.8. The van der Waals surface area contributed by atoms with Gasteiger partial charge in [-0.05, 0) is 43.9 Å². The molecule has 1 aliphatic rings. The van der Waals surface area contributed by atoms with E-state index in [1.54, 1.807) is 18.2 Å². The SMILES string of the molecule is Cc1ccc(C(=O)NC2CCC(C(=O)O)C2)cc1N. The van der Waals surface area contributed by atoms with E-state index in [9.17, 15) is 9.59 Å². The number of carbonyl (C=O) groups is 2. The van der Waals surface area contributed by atoms with Gasteiger partial charge >= 0.3 is 5.97 Å². The van der Waals surface area contributed by atoms with Crippen molar-refractivity contribution in [3.8, 4) is 0 Å². The van der Waals surface area contributed by atoms with E-state index in [-0.39, 0.29) is 17.9 Å². The Morgan fingerprint density at radius 2 is 2.11 bits per heavy atom. The number of aliphatic carboxylic acids is 1. The minimum atomic E-state index is -0.781. The van der Waals surface area contributed by atoms with Gasteiger partial charge in [-0.3, -0.25) is 9.59 Å². The van der Waals surface area contributed by atoms with Crippen LogP contribution in [0.4, 0.5) is 5.69 Å². The molecule has 2 atom stereocenters. The summed E-state index contributed by atoms with van der Waals surface area (Å²) >= 11 is 0. The first-order chi connectivity index (χ1) is 8.97. The monoisotopic (exact) mass is 262 g/mol. The first-order valence-electron chi connectivity index (χ1n) is 6.37. The molecule has 4 N–H and O–H groups in total. The largest absolute Gasteiger partial charge is 0.481 e. The van der Waals surface area contributed by atoms with E-state index in [4.69, 9.17) is 10.8 Å². The van der Waals surface area contributed by atoms with Crippen LogP contribution in [0.3, 0.4) is 0 Å². The maximum atomic E-state index is 12.0. The molecule has 0 bridgehead atoms. The van der Waals surface area contributed by atoms with Crippen LogP contribution in [0.1, 0.15) is 35.2 Å². The molecular formula is C14H18N2O3. The van der Waals surface area contributed by atoms with Crippen LogP contribution in [0.2, 0.25) is 0 Å². The first-order valence-corrected chi connectivity index (χ1v) is 6.37. The molecule has 2 unspecified atom stereocenters. The van der Waals surface area contributed by atoms with E-state index in [1.807, 2.05) is 6.92 Å². The van der Waals surface area contributed by atoms with Crippen molar-refractivity contribution in [1.29, 1.82) is 0 Å². The second-order valence-corrected chi connectivity index (χ2v) is 5.09. The van der Waals surface area contributed by atoms with Crippen molar-refractivity contribution in [3.05, 3.63) is 29.3 Å². The Balaban J connectivity index is 1.98. The second kappa shape index (κ2) is 5.30. The quantitative estimate of drug-likeness (QED) is 0.721. The molecule has 1 aromatic carbocycles. The van der Waals surface area contributed by atoms with Gasteiger partial charge in [0.1, 0.15) is 0 Å². The van der Waals surface area contributed by atoms with Gasteiger partial charge in [0.2, 0.25) is 0 Å². The molecule has 1 aliphatic carbocycles. The van der Waals surface area contributed by atoms with Crippen LogP contribution in [0.15, 0.2) is 18.2 Å². The summed E-state index contributed by atoms with van der Waals surface area (Å²) < 4.78 is 0. The lowest BCUT2D eigenvalue weighted by molar-refractivity contribution is -0.141. The molecule has 0 aromatic heterocycles. The number of rotatable bonds is 3. The van der Waals surface area contributed by atoms with E-state index < -0.39 is 5.97 Å². The molecule has 0 aliphatic heterocycles. The summed E-state index contributed by atoms with van der Waals surface area (Å²) in [6, 6.07) is 5.12. The van der Waals surface area contributed by atoms with Crippen LogP contribution < -0.4 is 11.1 Å². The lowest BCUT2D eigenvalue weighted by Crippen LogP contribution is -2.33. The molecule has 19 heavy (non-hydrogen) atoms. The van der Waals surface area contributed by atoms with Gasteiger partial charge in [0.15, 0.2) is 0 Å². The summed E-state index contributed by atoms with van der Waals surface area (Å²) in [4.78, 5) is 22.9. The minimum Gasteiger partial charge on any atom is -0.481 e. The van der Waals surface area contributed by atoms with Crippen molar-refractivity contribution < 1.29 is 14.7 Å². The van der Waals surface area contributed by atoms with Gasteiger partial charge in [0.05, 0.1) is 5.92 Å². The summed E-state index contributed by atoms with van der Waals surface area (Å²) in [7, 11) is 0. The van der Waals surface area contributed by atoms with Crippen LogP contribution in [0.25, 0.3) is 0 Å². The average Bonchev–Trinajstić information content (AvgIpc) is 2.81. The maximum Gasteiger partial charge on any atom is 0.306 e. The van der Waals surface area contributed by atoms with Gasteiger partial charge in [0, 0.05) is 17.3 Å².